The van der Waals surface area contributed by atoms with Crippen molar-refractivity contribution in [2.24, 2.45) is 0 Å². The van der Waals surface area contributed by atoms with Gasteiger partial charge in [0.15, 0.2) is 5.82 Å². The Morgan fingerprint density at radius 3 is 2.76 bits per heavy atom. The summed E-state index contributed by atoms with van der Waals surface area (Å²) in [4.78, 5) is 15.6. The number of hydrogen-bond donors (Lipinski definition) is 2. The molecule has 84 valence electrons. The predicted molar refractivity (Wildman–Crippen MR) is 66.3 cm³/mol. The molecular formula is C12H11N5. The smallest absolute Gasteiger partial charge is 0.223 e. The molecule has 0 unspecified atom stereocenters. The van der Waals surface area contributed by atoms with Crippen LogP contribution in [0.15, 0.2) is 30.5 Å². The molecule has 0 fully saturated rings. The number of H-pyrrole nitrogens is 1. The summed E-state index contributed by atoms with van der Waals surface area (Å²) >= 11 is 0. The topological polar surface area (TPSA) is 80.5 Å². The van der Waals surface area contributed by atoms with Gasteiger partial charge in [-0.1, -0.05) is 18.2 Å². The Balaban J connectivity index is 2.27. The minimum atomic E-state index is 0.248. The van der Waals surface area contributed by atoms with Crippen LogP contribution in [-0.4, -0.2) is 19.9 Å². The summed E-state index contributed by atoms with van der Waals surface area (Å²) in [5.74, 6) is 1.48. The van der Waals surface area contributed by atoms with E-state index < -0.39 is 0 Å². The van der Waals surface area contributed by atoms with Crippen LogP contribution in [0, 0.1) is 6.92 Å². The number of para-hydroxylation sites is 1. The molecule has 3 aromatic rings. The number of aromatic nitrogens is 4. The summed E-state index contributed by atoms with van der Waals surface area (Å²) in [5, 5.41) is 1.08. The number of aryl methyl sites for hydroxylation is 1. The summed E-state index contributed by atoms with van der Waals surface area (Å²) in [6.07, 6.45) is 1.89. The van der Waals surface area contributed by atoms with Gasteiger partial charge in [0.05, 0.1) is 0 Å². The molecule has 5 heteroatoms. The number of fused-ring (bicyclic) bond motifs is 1. The molecule has 0 aliphatic heterocycles. The number of hydrogen-bond acceptors (Lipinski definition) is 4. The largest absolute Gasteiger partial charge is 0.368 e. The minimum Gasteiger partial charge on any atom is -0.368 e. The molecule has 3 rings (SSSR count). The monoisotopic (exact) mass is 225 g/mol. The van der Waals surface area contributed by atoms with Crippen molar-refractivity contribution < 1.29 is 0 Å². The quantitative estimate of drug-likeness (QED) is 0.663. The van der Waals surface area contributed by atoms with E-state index in [1.54, 1.807) is 6.92 Å². The first kappa shape index (κ1) is 9.77. The van der Waals surface area contributed by atoms with Crippen molar-refractivity contribution in [2.75, 3.05) is 5.73 Å². The van der Waals surface area contributed by atoms with E-state index in [1.807, 2.05) is 30.5 Å². The first-order valence-corrected chi connectivity index (χ1v) is 5.29. The van der Waals surface area contributed by atoms with E-state index in [1.165, 1.54) is 0 Å². The minimum absolute atomic E-state index is 0.248. The van der Waals surface area contributed by atoms with Crippen molar-refractivity contribution in [2.45, 2.75) is 6.92 Å². The molecule has 0 bridgehead atoms. The normalized spacial score (nSPS) is 10.9. The molecule has 2 aromatic heterocycles. The SMILES string of the molecule is Cc1nc(N)nc(-c2c[nH]c3ccccc23)n1. The maximum Gasteiger partial charge on any atom is 0.223 e. The number of nitrogen functional groups attached to an aromatic ring is 1. The second-order valence-electron chi connectivity index (χ2n) is 3.81. The zero-order chi connectivity index (χ0) is 11.8. The molecule has 17 heavy (non-hydrogen) atoms. The Morgan fingerprint density at radius 2 is 1.94 bits per heavy atom. The molecule has 0 radical (unpaired) electrons. The fourth-order valence-corrected chi connectivity index (χ4v) is 1.88. The maximum absolute atomic E-state index is 5.64. The van der Waals surface area contributed by atoms with E-state index in [2.05, 4.69) is 19.9 Å². The van der Waals surface area contributed by atoms with Crippen molar-refractivity contribution in [3.05, 3.63) is 36.3 Å². The second-order valence-corrected chi connectivity index (χ2v) is 3.81. The number of anilines is 1. The zero-order valence-electron chi connectivity index (χ0n) is 9.31. The third-order valence-corrected chi connectivity index (χ3v) is 2.59. The standard InChI is InChI=1S/C12H11N5/c1-7-15-11(17-12(13)16-7)9-6-14-10-5-3-2-4-8(9)10/h2-6,14H,1H3,(H2,13,15,16,17). The Hall–Kier alpha value is -2.43. The molecular weight excluding hydrogens is 214 g/mol. The number of nitrogens with zero attached hydrogens (tertiary/aromatic N) is 3. The summed E-state index contributed by atoms with van der Waals surface area (Å²) < 4.78 is 0. The van der Waals surface area contributed by atoms with Crippen LogP contribution in [0.2, 0.25) is 0 Å². The second kappa shape index (κ2) is 3.55. The first-order chi connectivity index (χ1) is 8.24. The average Bonchev–Trinajstić information content (AvgIpc) is 2.71. The maximum atomic E-state index is 5.64. The molecule has 0 saturated heterocycles. The number of benzene rings is 1. The van der Waals surface area contributed by atoms with Crippen LogP contribution >= 0.6 is 0 Å². The molecule has 0 aliphatic rings. The van der Waals surface area contributed by atoms with Gasteiger partial charge in [-0.25, -0.2) is 4.98 Å². The highest BCUT2D eigenvalue weighted by Gasteiger charge is 2.09. The van der Waals surface area contributed by atoms with Crippen molar-refractivity contribution in [1.82, 2.24) is 19.9 Å². The van der Waals surface area contributed by atoms with Crippen molar-refractivity contribution in [1.29, 1.82) is 0 Å². The molecule has 5 nitrogen and oxygen atoms in total. The number of rotatable bonds is 1. The van der Waals surface area contributed by atoms with Gasteiger partial charge in [0.1, 0.15) is 5.82 Å². The Morgan fingerprint density at radius 1 is 1.12 bits per heavy atom. The highest BCUT2D eigenvalue weighted by atomic mass is 15.1. The molecule has 0 saturated carbocycles. The summed E-state index contributed by atoms with van der Waals surface area (Å²) in [6, 6.07) is 8.00. The fourth-order valence-electron chi connectivity index (χ4n) is 1.88. The fraction of sp³-hybridized carbons (Fsp3) is 0.0833. The van der Waals surface area contributed by atoms with Crippen LogP contribution in [0.25, 0.3) is 22.3 Å². The van der Waals surface area contributed by atoms with E-state index in [0.29, 0.717) is 11.6 Å². The lowest BCUT2D eigenvalue weighted by molar-refractivity contribution is 0.998. The van der Waals surface area contributed by atoms with Gasteiger partial charge in [0.25, 0.3) is 0 Å². The molecule has 1 aromatic carbocycles. The van der Waals surface area contributed by atoms with Crippen LogP contribution in [0.4, 0.5) is 5.95 Å². The van der Waals surface area contributed by atoms with E-state index in [-0.39, 0.29) is 5.95 Å². The van der Waals surface area contributed by atoms with Gasteiger partial charge >= 0.3 is 0 Å². The van der Waals surface area contributed by atoms with Crippen LogP contribution in [0.1, 0.15) is 5.82 Å². The lowest BCUT2D eigenvalue weighted by atomic mass is 10.1. The highest BCUT2D eigenvalue weighted by molar-refractivity contribution is 5.93. The van der Waals surface area contributed by atoms with Crippen LogP contribution in [-0.2, 0) is 0 Å². The predicted octanol–water partition coefficient (Wildman–Crippen LogP) is 1.91. The van der Waals surface area contributed by atoms with Crippen LogP contribution in [0.3, 0.4) is 0 Å². The lowest BCUT2D eigenvalue weighted by Crippen LogP contribution is -2.01. The van der Waals surface area contributed by atoms with Crippen LogP contribution < -0.4 is 5.73 Å². The van der Waals surface area contributed by atoms with Gasteiger partial charge in [-0.2, -0.15) is 9.97 Å². The molecule has 2 heterocycles. The van der Waals surface area contributed by atoms with E-state index >= 15 is 0 Å². The van der Waals surface area contributed by atoms with Crippen molar-refractivity contribution in [3.63, 3.8) is 0 Å². The van der Waals surface area contributed by atoms with Gasteiger partial charge in [-0.15, -0.1) is 0 Å². The average molecular weight is 225 g/mol. The summed E-state index contributed by atoms with van der Waals surface area (Å²) in [5.41, 5.74) is 7.63. The Kier molecular flexibility index (Phi) is 2.04. The van der Waals surface area contributed by atoms with E-state index in [0.717, 1.165) is 16.5 Å². The third kappa shape index (κ3) is 1.61. The Bertz CT molecular complexity index is 666. The summed E-state index contributed by atoms with van der Waals surface area (Å²) in [7, 11) is 0. The highest BCUT2D eigenvalue weighted by Crippen LogP contribution is 2.25. The van der Waals surface area contributed by atoms with Gasteiger partial charge in [-0.3, -0.25) is 0 Å². The van der Waals surface area contributed by atoms with Gasteiger partial charge in [-0.05, 0) is 13.0 Å². The van der Waals surface area contributed by atoms with Crippen LogP contribution in [0.5, 0.6) is 0 Å². The van der Waals surface area contributed by atoms with Gasteiger partial charge in [0.2, 0.25) is 5.95 Å². The van der Waals surface area contributed by atoms with Gasteiger partial charge in [0, 0.05) is 22.7 Å². The molecule has 0 atom stereocenters. The van der Waals surface area contributed by atoms with E-state index in [4.69, 9.17) is 5.73 Å². The van der Waals surface area contributed by atoms with Crippen molar-refractivity contribution >= 4 is 16.9 Å². The molecule has 3 N–H and O–H groups in total. The molecule has 0 aliphatic carbocycles. The van der Waals surface area contributed by atoms with Crippen molar-refractivity contribution in [3.8, 4) is 11.4 Å². The first-order valence-electron chi connectivity index (χ1n) is 5.29. The van der Waals surface area contributed by atoms with Gasteiger partial charge < -0.3 is 10.7 Å². The summed E-state index contributed by atoms with van der Waals surface area (Å²) in [6.45, 7) is 1.80. The number of aromatic amines is 1. The zero-order valence-corrected chi connectivity index (χ0v) is 9.31. The lowest BCUT2D eigenvalue weighted by Gasteiger charge is -2.00. The molecule has 0 spiro atoms. The number of nitrogens with one attached hydrogen (secondary N) is 1. The number of nitrogens with two attached hydrogens (primary N) is 1. The Labute approximate surface area is 97.7 Å². The van der Waals surface area contributed by atoms with E-state index in [9.17, 15) is 0 Å². The molecule has 0 amide bonds. The third-order valence-electron chi connectivity index (χ3n) is 2.59.